The van der Waals surface area contributed by atoms with E-state index in [1.54, 1.807) is 6.20 Å². The van der Waals surface area contributed by atoms with Crippen LogP contribution >= 0.6 is 0 Å². The first-order valence-corrected chi connectivity index (χ1v) is 8.55. The normalized spacial score (nSPS) is 14.7. The van der Waals surface area contributed by atoms with Gasteiger partial charge in [0.05, 0.1) is 25.1 Å². The van der Waals surface area contributed by atoms with Crippen LogP contribution in [0, 0.1) is 0 Å². The molecule has 126 valence electrons. The summed E-state index contributed by atoms with van der Waals surface area (Å²) in [6.07, 6.45) is 5.66. The second-order valence-corrected chi connectivity index (χ2v) is 6.09. The molecule has 1 saturated heterocycles. The fourth-order valence-corrected chi connectivity index (χ4v) is 3.08. The van der Waals surface area contributed by atoms with Crippen LogP contribution in [0.4, 0.5) is 0 Å². The molecule has 0 atom stereocenters. The van der Waals surface area contributed by atoms with Crippen LogP contribution in [-0.2, 0) is 4.74 Å². The van der Waals surface area contributed by atoms with Gasteiger partial charge in [0.2, 0.25) is 0 Å². The van der Waals surface area contributed by atoms with Crippen LogP contribution in [0.2, 0.25) is 6.82 Å². The highest BCUT2D eigenvalue weighted by atomic mass is 16.5. The Hall–Kier alpha value is -2.67. The number of aromatic nitrogens is 3. The predicted octanol–water partition coefficient (Wildman–Crippen LogP) is 0.979. The largest absolute Gasteiger partial charge is 0.378 e. The third kappa shape index (κ3) is 3.03. The molecule has 1 aliphatic rings. The number of carbonyl (C=O) groups is 1. The van der Waals surface area contributed by atoms with Gasteiger partial charge in [0, 0.05) is 42.2 Å². The van der Waals surface area contributed by atoms with Crippen molar-refractivity contribution in [3.63, 3.8) is 0 Å². The first kappa shape index (κ1) is 15.8. The quantitative estimate of drug-likeness (QED) is 0.670. The van der Waals surface area contributed by atoms with Gasteiger partial charge in [-0.25, -0.2) is 4.98 Å². The van der Waals surface area contributed by atoms with Crippen molar-refractivity contribution in [3.05, 3.63) is 48.4 Å². The van der Waals surface area contributed by atoms with Crippen molar-refractivity contribution >= 4 is 24.4 Å². The molecule has 0 aliphatic carbocycles. The summed E-state index contributed by atoms with van der Waals surface area (Å²) in [5, 5.41) is 0. The number of imidazole rings is 1. The number of ether oxygens (including phenoxy) is 1. The molecule has 0 spiro atoms. The van der Waals surface area contributed by atoms with Crippen LogP contribution in [0.15, 0.2) is 42.9 Å². The van der Waals surface area contributed by atoms with Crippen molar-refractivity contribution in [2.75, 3.05) is 26.3 Å². The molecule has 1 aromatic carbocycles. The van der Waals surface area contributed by atoms with Gasteiger partial charge in [-0.2, -0.15) is 0 Å². The SMILES string of the molecule is CBc1cnc2cnc(-c3ccc(C(=O)N4CCOCC4)cc3)cn12. The van der Waals surface area contributed by atoms with Crippen LogP contribution in [0.1, 0.15) is 10.4 Å². The van der Waals surface area contributed by atoms with Gasteiger partial charge in [-0.3, -0.25) is 9.78 Å². The van der Waals surface area contributed by atoms with Gasteiger partial charge in [-0.1, -0.05) is 19.0 Å². The van der Waals surface area contributed by atoms with Crippen molar-refractivity contribution in [1.29, 1.82) is 0 Å². The molecule has 6 nitrogen and oxygen atoms in total. The number of hydrogen-bond acceptors (Lipinski definition) is 4. The summed E-state index contributed by atoms with van der Waals surface area (Å²) >= 11 is 0. The maximum absolute atomic E-state index is 12.5. The number of morpholine rings is 1. The fraction of sp³-hybridized carbons (Fsp3) is 0.278. The van der Waals surface area contributed by atoms with E-state index in [0.717, 1.165) is 29.8 Å². The van der Waals surface area contributed by atoms with E-state index in [0.29, 0.717) is 31.9 Å². The summed E-state index contributed by atoms with van der Waals surface area (Å²) in [6.45, 7) is 4.63. The van der Waals surface area contributed by atoms with E-state index in [1.807, 2.05) is 41.6 Å². The van der Waals surface area contributed by atoms with Crippen molar-refractivity contribution in [2.24, 2.45) is 0 Å². The second kappa shape index (κ2) is 6.68. The smallest absolute Gasteiger partial charge is 0.254 e. The van der Waals surface area contributed by atoms with E-state index in [-0.39, 0.29) is 5.91 Å². The Bertz CT molecular complexity index is 901. The lowest BCUT2D eigenvalue weighted by atomic mass is 9.78. The van der Waals surface area contributed by atoms with E-state index in [1.165, 1.54) is 0 Å². The fourth-order valence-electron chi connectivity index (χ4n) is 3.08. The van der Waals surface area contributed by atoms with Crippen molar-refractivity contribution in [1.82, 2.24) is 19.3 Å². The molecule has 1 fully saturated rings. The lowest BCUT2D eigenvalue weighted by Gasteiger charge is -2.26. The molecule has 0 N–H and O–H groups in total. The van der Waals surface area contributed by atoms with Crippen LogP contribution < -0.4 is 5.59 Å². The lowest BCUT2D eigenvalue weighted by molar-refractivity contribution is 0.0303. The average molecular weight is 334 g/mol. The number of fused-ring (bicyclic) bond motifs is 1. The molecule has 25 heavy (non-hydrogen) atoms. The van der Waals surface area contributed by atoms with Gasteiger partial charge in [-0.15, -0.1) is 0 Å². The van der Waals surface area contributed by atoms with E-state index >= 15 is 0 Å². The Morgan fingerprint density at radius 1 is 1.12 bits per heavy atom. The molecule has 1 aliphatic heterocycles. The second-order valence-electron chi connectivity index (χ2n) is 6.09. The zero-order valence-electron chi connectivity index (χ0n) is 14.2. The number of hydrogen-bond donors (Lipinski definition) is 0. The highest BCUT2D eigenvalue weighted by Crippen LogP contribution is 2.18. The van der Waals surface area contributed by atoms with E-state index in [2.05, 4.69) is 21.2 Å². The topological polar surface area (TPSA) is 59.7 Å². The summed E-state index contributed by atoms with van der Waals surface area (Å²) in [7, 11) is 0.914. The molecule has 7 heteroatoms. The maximum atomic E-state index is 12.5. The van der Waals surface area contributed by atoms with Gasteiger partial charge in [0.15, 0.2) is 12.9 Å². The minimum absolute atomic E-state index is 0.0566. The molecule has 0 saturated carbocycles. The van der Waals surface area contributed by atoms with Gasteiger partial charge >= 0.3 is 0 Å². The summed E-state index contributed by atoms with van der Waals surface area (Å²) in [5.41, 5.74) is 4.54. The van der Waals surface area contributed by atoms with Crippen molar-refractivity contribution in [2.45, 2.75) is 6.82 Å². The van der Waals surface area contributed by atoms with Gasteiger partial charge in [-0.05, 0) is 12.1 Å². The van der Waals surface area contributed by atoms with Crippen molar-refractivity contribution < 1.29 is 9.53 Å². The number of rotatable bonds is 3. The lowest BCUT2D eigenvalue weighted by Crippen LogP contribution is -2.40. The molecular formula is C18H19BN4O2. The number of nitrogens with zero attached hydrogens (tertiary/aromatic N) is 4. The Labute approximate surface area is 146 Å². The summed E-state index contributed by atoms with van der Waals surface area (Å²) in [6, 6.07) is 7.64. The number of carbonyl (C=O) groups excluding carboxylic acids is 1. The molecule has 0 bridgehead atoms. The van der Waals surface area contributed by atoms with Crippen LogP contribution in [0.25, 0.3) is 16.9 Å². The highest BCUT2D eigenvalue weighted by Gasteiger charge is 2.18. The Morgan fingerprint density at radius 3 is 2.60 bits per heavy atom. The minimum atomic E-state index is 0.0566. The zero-order valence-corrected chi connectivity index (χ0v) is 14.2. The highest BCUT2D eigenvalue weighted by molar-refractivity contribution is 6.51. The monoisotopic (exact) mass is 334 g/mol. The van der Waals surface area contributed by atoms with Crippen molar-refractivity contribution in [3.8, 4) is 11.3 Å². The molecule has 0 radical (unpaired) electrons. The first-order valence-electron chi connectivity index (χ1n) is 8.55. The average Bonchev–Trinajstić information content (AvgIpc) is 3.10. The number of benzene rings is 1. The van der Waals surface area contributed by atoms with Crippen LogP contribution in [0.5, 0.6) is 0 Å². The summed E-state index contributed by atoms with van der Waals surface area (Å²) in [5.74, 6) is 0.0566. The Kier molecular flexibility index (Phi) is 4.23. The van der Waals surface area contributed by atoms with Gasteiger partial charge < -0.3 is 14.0 Å². The molecule has 1 amide bonds. The third-order valence-electron chi connectivity index (χ3n) is 4.56. The minimum Gasteiger partial charge on any atom is -0.378 e. The van der Waals surface area contributed by atoms with Gasteiger partial charge in [0.1, 0.15) is 0 Å². The molecular weight excluding hydrogens is 315 g/mol. The summed E-state index contributed by atoms with van der Waals surface area (Å²) in [4.78, 5) is 23.2. The Morgan fingerprint density at radius 2 is 1.88 bits per heavy atom. The number of amides is 1. The molecule has 3 aromatic rings. The third-order valence-corrected chi connectivity index (χ3v) is 4.56. The van der Waals surface area contributed by atoms with Crippen LogP contribution in [-0.4, -0.2) is 58.8 Å². The molecule has 2 aromatic heterocycles. The standard InChI is InChI=1S/C18H19BN4O2/c1-19-16-10-21-17-11-20-15(12-23(16)17)13-2-4-14(5-3-13)18(24)22-6-8-25-9-7-22/h2-5,10-12,19H,6-9H2,1H3. The summed E-state index contributed by atoms with van der Waals surface area (Å²) < 4.78 is 7.37. The van der Waals surface area contributed by atoms with Crippen LogP contribution in [0.3, 0.4) is 0 Å². The Balaban J connectivity index is 1.60. The van der Waals surface area contributed by atoms with E-state index in [4.69, 9.17) is 4.74 Å². The zero-order chi connectivity index (χ0) is 17.2. The van der Waals surface area contributed by atoms with Gasteiger partial charge in [0.25, 0.3) is 5.91 Å². The molecule has 3 heterocycles. The molecule has 4 rings (SSSR count). The van der Waals surface area contributed by atoms with E-state index in [9.17, 15) is 4.79 Å². The molecule has 0 unspecified atom stereocenters. The van der Waals surface area contributed by atoms with E-state index < -0.39 is 0 Å². The predicted molar refractivity (Wildman–Crippen MR) is 97.8 cm³/mol. The maximum Gasteiger partial charge on any atom is 0.254 e. The first-order chi connectivity index (χ1) is 12.3.